The van der Waals surface area contributed by atoms with Crippen molar-refractivity contribution in [2.24, 2.45) is 17.8 Å². The molecule has 0 unspecified atom stereocenters. The SMILES string of the molecule is C=C/C=C\c1nc(CN=C/C(=C\N)C(=O)OCC)cn1C. The first-order valence-electron chi connectivity index (χ1n) is 6.52. The van der Waals surface area contributed by atoms with E-state index in [0.717, 1.165) is 11.5 Å². The molecule has 6 heteroatoms. The Hall–Kier alpha value is -2.63. The van der Waals surface area contributed by atoms with E-state index >= 15 is 0 Å². The number of aryl methyl sites for hydroxylation is 1. The highest BCUT2D eigenvalue weighted by Gasteiger charge is 2.07. The normalized spacial score (nSPS) is 12.2. The third-order valence-corrected chi connectivity index (χ3v) is 2.52. The summed E-state index contributed by atoms with van der Waals surface area (Å²) in [4.78, 5) is 20.0. The van der Waals surface area contributed by atoms with Crippen LogP contribution < -0.4 is 5.73 Å². The van der Waals surface area contributed by atoms with Crippen LogP contribution in [-0.2, 0) is 23.1 Å². The molecule has 0 atom stereocenters. The van der Waals surface area contributed by atoms with Crippen LogP contribution in [0.25, 0.3) is 6.08 Å². The predicted octanol–water partition coefficient (Wildman–Crippen LogP) is 1.60. The summed E-state index contributed by atoms with van der Waals surface area (Å²) >= 11 is 0. The maximum Gasteiger partial charge on any atom is 0.341 e. The first-order chi connectivity index (χ1) is 10.1. The summed E-state index contributed by atoms with van der Waals surface area (Å²) in [5.74, 6) is 0.319. The van der Waals surface area contributed by atoms with Crippen molar-refractivity contribution >= 4 is 18.3 Å². The summed E-state index contributed by atoms with van der Waals surface area (Å²) in [5, 5.41) is 0. The highest BCUT2D eigenvalue weighted by atomic mass is 16.5. The zero-order valence-corrected chi connectivity index (χ0v) is 12.3. The summed E-state index contributed by atoms with van der Waals surface area (Å²) in [6, 6.07) is 0. The Labute approximate surface area is 124 Å². The number of hydrogen-bond acceptors (Lipinski definition) is 5. The van der Waals surface area contributed by atoms with Crippen LogP contribution in [0.2, 0.25) is 0 Å². The van der Waals surface area contributed by atoms with Crippen LogP contribution in [0.1, 0.15) is 18.4 Å². The zero-order chi connectivity index (χ0) is 15.7. The number of esters is 1. The lowest BCUT2D eigenvalue weighted by Crippen LogP contribution is -2.10. The molecule has 2 N–H and O–H groups in total. The van der Waals surface area contributed by atoms with Crippen molar-refractivity contribution in [3.05, 3.63) is 48.2 Å². The van der Waals surface area contributed by atoms with E-state index in [-0.39, 0.29) is 5.57 Å². The van der Waals surface area contributed by atoms with Crippen molar-refractivity contribution in [1.82, 2.24) is 9.55 Å². The fourth-order valence-electron chi connectivity index (χ4n) is 1.55. The minimum atomic E-state index is -0.487. The number of imidazole rings is 1. The highest BCUT2D eigenvalue weighted by molar-refractivity contribution is 6.09. The number of ether oxygens (including phenoxy) is 1. The molecule has 0 saturated carbocycles. The van der Waals surface area contributed by atoms with Crippen LogP contribution >= 0.6 is 0 Å². The molecule has 1 heterocycles. The molecule has 6 nitrogen and oxygen atoms in total. The van der Waals surface area contributed by atoms with E-state index in [1.54, 1.807) is 13.0 Å². The number of nitrogens with two attached hydrogens (primary N) is 1. The van der Waals surface area contributed by atoms with E-state index < -0.39 is 5.97 Å². The zero-order valence-electron chi connectivity index (χ0n) is 12.3. The molecule has 0 saturated heterocycles. The maximum atomic E-state index is 11.5. The number of allylic oxidation sites excluding steroid dienone is 2. The third kappa shape index (κ3) is 5.10. The van der Waals surface area contributed by atoms with Gasteiger partial charge in [-0.2, -0.15) is 0 Å². The van der Waals surface area contributed by atoms with Gasteiger partial charge in [-0.15, -0.1) is 0 Å². The minimum Gasteiger partial charge on any atom is -0.462 e. The van der Waals surface area contributed by atoms with Gasteiger partial charge in [-0.3, -0.25) is 4.99 Å². The van der Waals surface area contributed by atoms with Gasteiger partial charge in [0.05, 0.1) is 24.4 Å². The molecule has 0 bridgehead atoms. The van der Waals surface area contributed by atoms with Gasteiger partial charge in [-0.1, -0.05) is 18.7 Å². The van der Waals surface area contributed by atoms with Crippen molar-refractivity contribution < 1.29 is 9.53 Å². The highest BCUT2D eigenvalue weighted by Crippen LogP contribution is 2.05. The van der Waals surface area contributed by atoms with E-state index in [0.29, 0.717) is 13.2 Å². The fourth-order valence-corrected chi connectivity index (χ4v) is 1.55. The molecular formula is C15H20N4O2. The predicted molar refractivity (Wildman–Crippen MR) is 83.5 cm³/mol. The van der Waals surface area contributed by atoms with Crippen LogP contribution in [0.5, 0.6) is 0 Å². The molecule has 0 fully saturated rings. The van der Waals surface area contributed by atoms with Gasteiger partial charge in [0.15, 0.2) is 0 Å². The smallest absolute Gasteiger partial charge is 0.341 e. The summed E-state index contributed by atoms with van der Waals surface area (Å²) in [6.07, 6.45) is 9.79. The Morgan fingerprint density at radius 1 is 1.62 bits per heavy atom. The Morgan fingerprint density at radius 3 is 3.00 bits per heavy atom. The summed E-state index contributed by atoms with van der Waals surface area (Å²) < 4.78 is 6.73. The molecule has 0 aliphatic rings. The average Bonchev–Trinajstić information content (AvgIpc) is 2.81. The lowest BCUT2D eigenvalue weighted by molar-refractivity contribution is -0.137. The number of rotatable bonds is 7. The first-order valence-corrected chi connectivity index (χ1v) is 6.52. The molecule has 0 radical (unpaired) electrons. The first kappa shape index (κ1) is 16.4. The van der Waals surface area contributed by atoms with E-state index in [1.165, 1.54) is 12.4 Å². The third-order valence-electron chi connectivity index (χ3n) is 2.52. The van der Waals surface area contributed by atoms with Crippen molar-refractivity contribution in [2.75, 3.05) is 6.61 Å². The molecule has 0 spiro atoms. The molecule has 0 aliphatic heterocycles. The summed E-state index contributed by atoms with van der Waals surface area (Å²) in [6.45, 7) is 5.99. The molecule has 0 amide bonds. The van der Waals surface area contributed by atoms with Crippen molar-refractivity contribution in [3.8, 4) is 0 Å². The largest absolute Gasteiger partial charge is 0.462 e. The lowest BCUT2D eigenvalue weighted by atomic mass is 10.3. The van der Waals surface area contributed by atoms with Crippen LogP contribution in [0.3, 0.4) is 0 Å². The monoisotopic (exact) mass is 288 g/mol. The number of nitrogens with zero attached hydrogens (tertiary/aromatic N) is 3. The van der Waals surface area contributed by atoms with E-state index in [4.69, 9.17) is 10.5 Å². The number of hydrogen-bond donors (Lipinski definition) is 1. The van der Waals surface area contributed by atoms with Gasteiger partial charge in [0, 0.05) is 25.7 Å². The van der Waals surface area contributed by atoms with Crippen LogP contribution in [0, 0.1) is 0 Å². The summed E-state index contributed by atoms with van der Waals surface area (Å²) in [5.41, 5.74) is 6.39. The van der Waals surface area contributed by atoms with Gasteiger partial charge < -0.3 is 15.0 Å². The number of carbonyl (C=O) groups is 1. The Morgan fingerprint density at radius 2 is 2.38 bits per heavy atom. The molecule has 21 heavy (non-hydrogen) atoms. The topological polar surface area (TPSA) is 82.5 Å². The average molecular weight is 288 g/mol. The Kier molecular flexibility index (Phi) is 6.67. The van der Waals surface area contributed by atoms with E-state index in [9.17, 15) is 4.79 Å². The molecule has 112 valence electrons. The maximum absolute atomic E-state index is 11.5. The van der Waals surface area contributed by atoms with Crippen LogP contribution in [0.15, 0.2) is 41.7 Å². The second-order valence-electron chi connectivity index (χ2n) is 4.11. The standard InChI is InChI=1S/C15H20N4O2/c1-4-6-7-14-18-13(11-19(14)3)10-17-9-12(8-16)15(20)21-5-2/h4,6-9,11H,1,5,10,16H2,2-3H3/b7-6-,12-8+,17-9?. The summed E-state index contributed by atoms with van der Waals surface area (Å²) in [7, 11) is 1.90. The van der Waals surface area contributed by atoms with Crippen LogP contribution in [-0.4, -0.2) is 28.3 Å². The number of carbonyl (C=O) groups excluding carboxylic acids is 1. The molecule has 1 aromatic rings. The fraction of sp³-hybridized carbons (Fsp3) is 0.267. The molecule has 1 rings (SSSR count). The van der Waals surface area contributed by atoms with Crippen molar-refractivity contribution in [2.45, 2.75) is 13.5 Å². The second kappa shape index (κ2) is 8.52. The number of aliphatic imine (C=N–C) groups is 1. The van der Waals surface area contributed by atoms with Gasteiger partial charge in [0.1, 0.15) is 5.82 Å². The quantitative estimate of drug-likeness (QED) is 0.357. The van der Waals surface area contributed by atoms with Crippen molar-refractivity contribution in [1.29, 1.82) is 0 Å². The molecule has 0 aromatic carbocycles. The molecular weight excluding hydrogens is 268 g/mol. The van der Waals surface area contributed by atoms with E-state index in [1.807, 2.05) is 30.0 Å². The minimum absolute atomic E-state index is 0.222. The number of aromatic nitrogens is 2. The van der Waals surface area contributed by atoms with Crippen molar-refractivity contribution in [3.63, 3.8) is 0 Å². The second-order valence-corrected chi connectivity index (χ2v) is 4.11. The van der Waals surface area contributed by atoms with Gasteiger partial charge in [0.2, 0.25) is 0 Å². The van der Waals surface area contributed by atoms with Crippen LogP contribution in [0.4, 0.5) is 0 Å². The molecule has 0 aliphatic carbocycles. The van der Waals surface area contributed by atoms with Gasteiger partial charge >= 0.3 is 5.97 Å². The van der Waals surface area contributed by atoms with Gasteiger partial charge in [0.25, 0.3) is 0 Å². The Balaban J connectivity index is 2.70. The van der Waals surface area contributed by atoms with E-state index in [2.05, 4.69) is 16.6 Å². The lowest BCUT2D eigenvalue weighted by Gasteiger charge is -2.00. The molecule has 1 aromatic heterocycles. The van der Waals surface area contributed by atoms with Gasteiger partial charge in [-0.05, 0) is 13.0 Å². The van der Waals surface area contributed by atoms with Gasteiger partial charge in [-0.25, -0.2) is 9.78 Å². The Bertz CT molecular complexity index is 582.